The average molecular weight is 215 g/mol. The Hall–Kier alpha value is -1.27. The third-order valence-corrected chi connectivity index (χ3v) is 0.718. The van der Waals surface area contributed by atoms with Crippen LogP contribution in [0.15, 0.2) is 0 Å². The molecule has 4 nitrogen and oxygen atoms in total. The Morgan fingerprint density at radius 3 is 1.86 bits per heavy atom. The summed E-state index contributed by atoms with van der Waals surface area (Å²) in [5, 5.41) is 0. The predicted molar refractivity (Wildman–Crippen MR) is 42.4 cm³/mol. The van der Waals surface area contributed by atoms with Crippen LogP contribution in [-0.2, 0) is 14.3 Å². The zero-order valence-corrected chi connectivity index (χ0v) is 8.09. The van der Waals surface area contributed by atoms with Gasteiger partial charge in [-0.1, -0.05) is 0 Å². The lowest BCUT2D eigenvalue weighted by atomic mass is 10.7. The van der Waals surface area contributed by atoms with E-state index in [0.29, 0.717) is 0 Å². The molecule has 0 heterocycles. The van der Waals surface area contributed by atoms with Gasteiger partial charge in [0.15, 0.2) is 0 Å². The van der Waals surface area contributed by atoms with E-state index in [9.17, 15) is 22.8 Å². The topological polar surface area (TPSA) is 46.6 Å². The van der Waals surface area contributed by atoms with E-state index in [2.05, 4.69) is 4.74 Å². The summed E-state index contributed by atoms with van der Waals surface area (Å²) < 4.78 is 37.1. The number of esters is 1. The molecular formula is C7H12F3NO3. The predicted octanol–water partition coefficient (Wildman–Crippen LogP) is 0.816. The Bertz CT molecular complexity index is 180. The lowest BCUT2D eigenvalue weighted by Crippen LogP contribution is -2.25. The first-order chi connectivity index (χ1) is 6.25. The highest BCUT2D eigenvalue weighted by atomic mass is 19.4. The van der Waals surface area contributed by atoms with Crippen LogP contribution in [0, 0.1) is 0 Å². The molecule has 0 aliphatic rings. The van der Waals surface area contributed by atoms with E-state index in [4.69, 9.17) is 0 Å². The van der Waals surface area contributed by atoms with E-state index < -0.39 is 12.1 Å². The highest BCUT2D eigenvalue weighted by molar-refractivity contribution is 5.75. The number of halogens is 3. The fourth-order valence-corrected chi connectivity index (χ4v) is 0.213. The smallest absolute Gasteiger partial charge is 0.459 e. The second-order valence-corrected chi connectivity index (χ2v) is 2.29. The summed E-state index contributed by atoms with van der Waals surface area (Å²) in [6.45, 7) is 1.06. The van der Waals surface area contributed by atoms with Crippen molar-refractivity contribution >= 4 is 12.4 Å². The zero-order chi connectivity index (χ0) is 11.8. The third kappa shape index (κ3) is 10.7. The van der Waals surface area contributed by atoms with E-state index in [-0.39, 0.29) is 6.61 Å². The number of carbonyl (C=O) groups excluding carboxylic acids is 2. The standard InChI is InChI=1S/C4H5F3O2.C3H7NO/c1-2-9-3(8)4(5,6)7;1-4(2)3-5/h2H2,1H3;3H,1-2H3. The molecule has 0 spiro atoms. The van der Waals surface area contributed by atoms with Crippen LogP contribution in [-0.4, -0.2) is 44.2 Å². The van der Waals surface area contributed by atoms with E-state index in [1.54, 1.807) is 14.1 Å². The van der Waals surface area contributed by atoms with Crippen molar-refractivity contribution < 1.29 is 27.5 Å². The summed E-state index contributed by atoms with van der Waals surface area (Å²) >= 11 is 0. The largest absolute Gasteiger partial charge is 0.490 e. The second kappa shape index (κ2) is 7.16. The first kappa shape index (κ1) is 15.2. The molecule has 0 atom stereocenters. The van der Waals surface area contributed by atoms with Crippen molar-refractivity contribution in [2.24, 2.45) is 0 Å². The second-order valence-electron chi connectivity index (χ2n) is 2.29. The number of nitrogens with zero attached hydrogens (tertiary/aromatic N) is 1. The highest BCUT2D eigenvalue weighted by Gasteiger charge is 2.40. The van der Waals surface area contributed by atoms with Crippen LogP contribution in [0.1, 0.15) is 6.92 Å². The number of amides is 1. The third-order valence-electron chi connectivity index (χ3n) is 0.718. The number of ether oxygens (including phenoxy) is 1. The Morgan fingerprint density at radius 2 is 1.79 bits per heavy atom. The fourth-order valence-electron chi connectivity index (χ4n) is 0.213. The molecule has 0 saturated heterocycles. The summed E-state index contributed by atoms with van der Waals surface area (Å²) in [6.07, 6.45) is -4.10. The van der Waals surface area contributed by atoms with Crippen molar-refractivity contribution in [3.05, 3.63) is 0 Å². The number of hydrogen-bond donors (Lipinski definition) is 0. The average Bonchev–Trinajstić information content (AvgIpc) is 2.04. The summed E-state index contributed by atoms with van der Waals surface area (Å²) in [6, 6.07) is 0. The maximum atomic E-state index is 11.2. The molecule has 1 amide bonds. The molecule has 0 unspecified atom stereocenters. The van der Waals surface area contributed by atoms with Crippen molar-refractivity contribution in [1.29, 1.82) is 0 Å². The van der Waals surface area contributed by atoms with Crippen molar-refractivity contribution in [1.82, 2.24) is 4.90 Å². The van der Waals surface area contributed by atoms with Gasteiger partial charge in [-0.05, 0) is 6.92 Å². The van der Waals surface area contributed by atoms with Crippen molar-refractivity contribution in [2.75, 3.05) is 20.7 Å². The summed E-state index contributed by atoms with van der Waals surface area (Å²) in [5.74, 6) is -2.13. The van der Waals surface area contributed by atoms with Crippen LogP contribution in [0.5, 0.6) is 0 Å². The Balaban J connectivity index is 0. The van der Waals surface area contributed by atoms with Gasteiger partial charge in [0.1, 0.15) is 0 Å². The van der Waals surface area contributed by atoms with Crippen molar-refractivity contribution in [3.63, 3.8) is 0 Å². The molecule has 0 aromatic carbocycles. The van der Waals surface area contributed by atoms with E-state index >= 15 is 0 Å². The minimum absolute atomic E-state index is 0.252. The van der Waals surface area contributed by atoms with Crippen LogP contribution < -0.4 is 0 Å². The molecule has 0 aliphatic carbocycles. The number of hydrogen-bond acceptors (Lipinski definition) is 3. The van der Waals surface area contributed by atoms with Crippen LogP contribution in [0.2, 0.25) is 0 Å². The van der Waals surface area contributed by atoms with E-state index in [1.807, 2.05) is 0 Å². The molecule has 0 radical (unpaired) electrons. The van der Waals surface area contributed by atoms with Gasteiger partial charge in [-0.3, -0.25) is 4.79 Å². The molecule has 0 rings (SSSR count). The van der Waals surface area contributed by atoms with Crippen LogP contribution in [0.3, 0.4) is 0 Å². The molecule has 84 valence electrons. The maximum Gasteiger partial charge on any atom is 0.490 e. The molecule has 0 aliphatic heterocycles. The molecular weight excluding hydrogens is 203 g/mol. The van der Waals surface area contributed by atoms with E-state index in [1.165, 1.54) is 11.8 Å². The lowest BCUT2D eigenvalue weighted by Gasteiger charge is -2.02. The normalized spacial score (nSPS) is 9.57. The van der Waals surface area contributed by atoms with Gasteiger partial charge in [0.25, 0.3) is 0 Å². The summed E-state index contributed by atoms with van der Waals surface area (Å²) in [5.41, 5.74) is 0. The van der Waals surface area contributed by atoms with Crippen LogP contribution >= 0.6 is 0 Å². The van der Waals surface area contributed by atoms with Crippen molar-refractivity contribution in [3.8, 4) is 0 Å². The Labute approximate surface area is 79.6 Å². The molecule has 0 saturated carbocycles. The number of alkyl halides is 3. The van der Waals surface area contributed by atoms with Gasteiger partial charge in [0.2, 0.25) is 6.41 Å². The van der Waals surface area contributed by atoms with Gasteiger partial charge >= 0.3 is 12.1 Å². The lowest BCUT2D eigenvalue weighted by molar-refractivity contribution is -0.199. The Kier molecular flexibility index (Phi) is 7.78. The summed E-state index contributed by atoms with van der Waals surface area (Å²) in [7, 11) is 3.38. The monoisotopic (exact) mass is 215 g/mol. The number of carbonyl (C=O) groups is 2. The van der Waals surface area contributed by atoms with Crippen LogP contribution in [0.4, 0.5) is 13.2 Å². The molecule has 0 fully saturated rings. The van der Waals surface area contributed by atoms with Gasteiger partial charge in [-0.15, -0.1) is 0 Å². The molecule has 7 heteroatoms. The first-order valence-corrected chi connectivity index (χ1v) is 3.61. The highest BCUT2D eigenvalue weighted by Crippen LogP contribution is 2.15. The van der Waals surface area contributed by atoms with Gasteiger partial charge < -0.3 is 9.64 Å². The maximum absolute atomic E-state index is 11.2. The van der Waals surface area contributed by atoms with Gasteiger partial charge in [0, 0.05) is 14.1 Å². The first-order valence-electron chi connectivity index (χ1n) is 3.61. The quantitative estimate of drug-likeness (QED) is 0.506. The van der Waals surface area contributed by atoms with Gasteiger partial charge in [-0.25, -0.2) is 4.79 Å². The van der Waals surface area contributed by atoms with Gasteiger partial charge in [0.05, 0.1) is 6.61 Å². The zero-order valence-electron chi connectivity index (χ0n) is 8.09. The minimum atomic E-state index is -4.85. The molecule has 0 aromatic heterocycles. The van der Waals surface area contributed by atoms with Crippen LogP contribution in [0.25, 0.3) is 0 Å². The molecule has 14 heavy (non-hydrogen) atoms. The molecule has 0 bridgehead atoms. The molecule has 0 aromatic rings. The SMILES string of the molecule is CCOC(=O)C(F)(F)F.CN(C)C=O. The van der Waals surface area contributed by atoms with E-state index in [0.717, 1.165) is 6.41 Å². The summed E-state index contributed by atoms with van der Waals surface area (Å²) in [4.78, 5) is 20.6. The van der Waals surface area contributed by atoms with Crippen molar-refractivity contribution in [2.45, 2.75) is 13.1 Å². The molecule has 0 N–H and O–H groups in total. The minimum Gasteiger partial charge on any atom is -0.459 e. The number of rotatable bonds is 2. The Morgan fingerprint density at radius 1 is 1.43 bits per heavy atom. The van der Waals surface area contributed by atoms with Gasteiger partial charge in [-0.2, -0.15) is 13.2 Å². The fraction of sp³-hybridized carbons (Fsp3) is 0.714.